The number of benzene rings is 2. The molecule has 0 heterocycles. The van der Waals surface area contributed by atoms with Crippen LogP contribution in [0.25, 0.3) is 0 Å². The summed E-state index contributed by atoms with van der Waals surface area (Å²) in [6.07, 6.45) is -0.0716. The van der Waals surface area contributed by atoms with Crippen molar-refractivity contribution >= 4 is 37.6 Å². The Morgan fingerprint density at radius 1 is 1.00 bits per heavy atom. The second kappa shape index (κ2) is 5.92. The van der Waals surface area contributed by atoms with Gasteiger partial charge in [-0.25, -0.2) is 8.78 Å². The predicted octanol–water partition coefficient (Wildman–Crippen LogP) is 4.92. The fourth-order valence-corrected chi connectivity index (χ4v) is 2.68. The third kappa shape index (κ3) is 3.09. The van der Waals surface area contributed by atoms with E-state index in [2.05, 4.69) is 31.9 Å². The molecule has 0 saturated carbocycles. The quantitative estimate of drug-likeness (QED) is 0.681. The summed E-state index contributed by atoms with van der Waals surface area (Å²) in [7, 11) is 0. The van der Waals surface area contributed by atoms with Gasteiger partial charge in [0.05, 0.1) is 10.0 Å². The van der Waals surface area contributed by atoms with Gasteiger partial charge < -0.3 is 0 Å². The van der Waals surface area contributed by atoms with E-state index >= 15 is 0 Å². The molecule has 0 aromatic heterocycles. The van der Waals surface area contributed by atoms with Crippen molar-refractivity contribution in [2.75, 3.05) is 0 Å². The molecule has 0 aliphatic rings. The highest BCUT2D eigenvalue weighted by atomic mass is 79.9. The van der Waals surface area contributed by atoms with E-state index in [4.69, 9.17) is 0 Å². The van der Waals surface area contributed by atoms with Gasteiger partial charge in [0.1, 0.15) is 11.6 Å². The summed E-state index contributed by atoms with van der Waals surface area (Å²) in [5.41, 5.74) is 0.471. The number of carbonyl (C=O) groups excluding carboxylic acids is 1. The Labute approximate surface area is 125 Å². The van der Waals surface area contributed by atoms with Gasteiger partial charge in [-0.05, 0) is 55.6 Å². The van der Waals surface area contributed by atoms with Crippen molar-refractivity contribution in [3.05, 3.63) is 68.1 Å². The van der Waals surface area contributed by atoms with E-state index in [-0.39, 0.29) is 16.5 Å². The van der Waals surface area contributed by atoms with Gasteiger partial charge in [-0.15, -0.1) is 0 Å². The van der Waals surface area contributed by atoms with Crippen molar-refractivity contribution in [1.82, 2.24) is 0 Å². The predicted molar refractivity (Wildman–Crippen MR) is 76.2 cm³/mol. The van der Waals surface area contributed by atoms with Gasteiger partial charge in [-0.1, -0.05) is 18.2 Å². The summed E-state index contributed by atoms with van der Waals surface area (Å²) in [5.74, 6) is -1.44. The van der Waals surface area contributed by atoms with E-state index in [1.54, 1.807) is 12.1 Å². The molecule has 98 valence electrons. The number of hydrogen-bond donors (Lipinski definition) is 0. The molecule has 0 atom stereocenters. The Bertz CT molecular complexity index is 621. The largest absolute Gasteiger partial charge is 0.294 e. The number of hydrogen-bond acceptors (Lipinski definition) is 1. The van der Waals surface area contributed by atoms with Crippen LogP contribution >= 0.6 is 31.9 Å². The smallest absolute Gasteiger partial charge is 0.171 e. The van der Waals surface area contributed by atoms with E-state index < -0.39 is 17.4 Å². The first-order valence-corrected chi connectivity index (χ1v) is 6.99. The second-order valence-corrected chi connectivity index (χ2v) is 5.56. The maximum Gasteiger partial charge on any atom is 0.171 e. The van der Waals surface area contributed by atoms with Crippen LogP contribution in [0.3, 0.4) is 0 Å². The zero-order chi connectivity index (χ0) is 14.0. The summed E-state index contributed by atoms with van der Waals surface area (Å²) < 4.78 is 27.6. The molecule has 0 saturated heterocycles. The average Bonchev–Trinajstić information content (AvgIpc) is 2.35. The van der Waals surface area contributed by atoms with Gasteiger partial charge >= 0.3 is 0 Å². The van der Waals surface area contributed by atoms with E-state index in [0.717, 1.165) is 0 Å². The standard InChI is InChI=1S/C14H8Br2F2O/c15-9-4-2-5-10(17)13(9)12(19)7-8-3-1-6-11(18)14(8)16/h1-6H,7H2. The summed E-state index contributed by atoms with van der Waals surface area (Å²) in [6.45, 7) is 0. The highest BCUT2D eigenvalue weighted by molar-refractivity contribution is 9.10. The Hall–Kier alpha value is -1.07. The lowest BCUT2D eigenvalue weighted by molar-refractivity contribution is 0.0988. The lowest BCUT2D eigenvalue weighted by Crippen LogP contribution is -2.08. The molecular weight excluding hydrogens is 382 g/mol. The van der Waals surface area contributed by atoms with Crippen molar-refractivity contribution < 1.29 is 13.6 Å². The van der Waals surface area contributed by atoms with Crippen LogP contribution in [0.2, 0.25) is 0 Å². The summed E-state index contributed by atoms with van der Waals surface area (Å²) >= 11 is 6.23. The van der Waals surface area contributed by atoms with Crippen LogP contribution in [0, 0.1) is 11.6 Å². The molecular formula is C14H8Br2F2O. The van der Waals surface area contributed by atoms with E-state index in [0.29, 0.717) is 10.0 Å². The fourth-order valence-electron chi connectivity index (χ4n) is 1.71. The van der Waals surface area contributed by atoms with Gasteiger partial charge in [0.25, 0.3) is 0 Å². The Morgan fingerprint density at radius 3 is 2.32 bits per heavy atom. The molecule has 1 nitrogen and oxygen atoms in total. The third-order valence-corrected chi connectivity index (χ3v) is 4.17. The van der Waals surface area contributed by atoms with Gasteiger partial charge in [0, 0.05) is 10.9 Å². The van der Waals surface area contributed by atoms with Crippen LogP contribution in [0.4, 0.5) is 8.78 Å². The number of rotatable bonds is 3. The number of Topliss-reactive ketones (excluding diaryl/α,β-unsaturated/α-hetero) is 1. The molecule has 2 rings (SSSR count). The van der Waals surface area contributed by atoms with E-state index in [1.165, 1.54) is 24.3 Å². The van der Waals surface area contributed by atoms with Crippen molar-refractivity contribution in [2.24, 2.45) is 0 Å². The summed E-state index contributed by atoms with van der Waals surface area (Å²) in [4.78, 5) is 12.1. The number of carbonyl (C=O) groups is 1. The monoisotopic (exact) mass is 388 g/mol. The van der Waals surface area contributed by atoms with E-state index in [1.807, 2.05) is 0 Å². The Morgan fingerprint density at radius 2 is 1.63 bits per heavy atom. The van der Waals surface area contributed by atoms with Crippen molar-refractivity contribution in [3.8, 4) is 0 Å². The van der Waals surface area contributed by atoms with Gasteiger partial charge in [0.2, 0.25) is 0 Å². The van der Waals surface area contributed by atoms with Crippen LogP contribution in [-0.2, 0) is 6.42 Å². The lowest BCUT2D eigenvalue weighted by atomic mass is 10.0. The third-order valence-electron chi connectivity index (χ3n) is 2.62. The zero-order valence-electron chi connectivity index (χ0n) is 9.59. The molecule has 2 aromatic carbocycles. The summed E-state index contributed by atoms with van der Waals surface area (Å²) in [5, 5.41) is 0. The molecule has 0 radical (unpaired) electrons. The van der Waals surface area contributed by atoms with Crippen molar-refractivity contribution in [2.45, 2.75) is 6.42 Å². The second-order valence-electron chi connectivity index (χ2n) is 3.91. The molecule has 0 unspecified atom stereocenters. The highest BCUT2D eigenvalue weighted by Crippen LogP contribution is 2.25. The first-order chi connectivity index (χ1) is 9.00. The molecule has 0 aliphatic heterocycles. The molecule has 0 amide bonds. The molecule has 0 spiro atoms. The fraction of sp³-hybridized carbons (Fsp3) is 0.0714. The van der Waals surface area contributed by atoms with Gasteiger partial charge in [-0.3, -0.25) is 4.79 Å². The summed E-state index contributed by atoms with van der Waals surface area (Å²) in [6, 6.07) is 8.75. The lowest BCUT2D eigenvalue weighted by Gasteiger charge is -2.07. The molecule has 0 fully saturated rings. The maximum absolute atomic E-state index is 13.6. The molecule has 0 aliphatic carbocycles. The number of halogens is 4. The van der Waals surface area contributed by atoms with Gasteiger partial charge in [-0.2, -0.15) is 0 Å². The minimum atomic E-state index is -0.591. The Balaban J connectivity index is 2.34. The SMILES string of the molecule is O=C(Cc1cccc(F)c1Br)c1c(F)cccc1Br. The van der Waals surface area contributed by atoms with Crippen LogP contribution in [0.1, 0.15) is 15.9 Å². The molecule has 0 N–H and O–H groups in total. The molecule has 0 bridgehead atoms. The number of ketones is 1. The van der Waals surface area contributed by atoms with E-state index in [9.17, 15) is 13.6 Å². The zero-order valence-corrected chi connectivity index (χ0v) is 12.8. The molecule has 2 aromatic rings. The highest BCUT2D eigenvalue weighted by Gasteiger charge is 2.17. The minimum absolute atomic E-state index is 0.0151. The minimum Gasteiger partial charge on any atom is -0.294 e. The van der Waals surface area contributed by atoms with Crippen molar-refractivity contribution in [1.29, 1.82) is 0 Å². The van der Waals surface area contributed by atoms with Crippen molar-refractivity contribution in [3.63, 3.8) is 0 Å². The van der Waals surface area contributed by atoms with Crippen LogP contribution in [0.5, 0.6) is 0 Å². The van der Waals surface area contributed by atoms with Crippen LogP contribution in [0.15, 0.2) is 45.3 Å². The first-order valence-electron chi connectivity index (χ1n) is 5.41. The average molecular weight is 390 g/mol. The maximum atomic E-state index is 13.6. The Kier molecular flexibility index (Phi) is 4.47. The normalized spacial score (nSPS) is 10.5. The topological polar surface area (TPSA) is 17.1 Å². The molecule has 19 heavy (non-hydrogen) atoms. The molecule has 5 heteroatoms. The van der Waals surface area contributed by atoms with Crippen LogP contribution in [-0.4, -0.2) is 5.78 Å². The van der Waals surface area contributed by atoms with Crippen LogP contribution < -0.4 is 0 Å². The van der Waals surface area contributed by atoms with Gasteiger partial charge in [0.15, 0.2) is 5.78 Å². The first kappa shape index (κ1) is 14.3.